The van der Waals surface area contributed by atoms with Crippen molar-refractivity contribution in [2.45, 2.75) is 62.0 Å². The molecule has 0 aliphatic heterocycles. The van der Waals surface area contributed by atoms with Crippen molar-refractivity contribution in [2.75, 3.05) is 16.3 Å². The highest BCUT2D eigenvalue weighted by molar-refractivity contribution is 7.92. The Bertz CT molecular complexity index is 879. The highest BCUT2D eigenvalue weighted by atomic mass is 32.2. The van der Waals surface area contributed by atoms with Gasteiger partial charge in [-0.2, -0.15) is 0 Å². The van der Waals surface area contributed by atoms with Gasteiger partial charge in [0.1, 0.15) is 5.69 Å². The van der Waals surface area contributed by atoms with Crippen LogP contribution in [0.5, 0.6) is 0 Å². The summed E-state index contributed by atoms with van der Waals surface area (Å²) in [5.41, 5.74) is -0.543. The van der Waals surface area contributed by atoms with Crippen LogP contribution < -0.4 is 10.0 Å². The Morgan fingerprint density at radius 1 is 1.29 bits per heavy atom. The monoisotopic (exact) mass is 431 g/mol. The quantitative estimate of drug-likeness (QED) is 0.455. The molecule has 0 heterocycles. The number of nitro groups is 1. The van der Waals surface area contributed by atoms with Gasteiger partial charge in [-0.3, -0.25) is 23.8 Å². The SMILES string of the molecule is CCCCC(=O)Nc1cc(NS(C)(=O)=O)c(S(=O)C2CCCC2)cc1[N+](=O)[O-]. The number of sulfonamides is 1. The summed E-state index contributed by atoms with van der Waals surface area (Å²) in [6.07, 6.45) is 5.81. The van der Waals surface area contributed by atoms with E-state index in [0.717, 1.165) is 31.6 Å². The second kappa shape index (κ2) is 9.46. The van der Waals surface area contributed by atoms with Crippen molar-refractivity contribution in [3.05, 3.63) is 22.2 Å². The topological polar surface area (TPSA) is 135 Å². The first-order valence-corrected chi connectivity index (χ1v) is 12.2. The molecule has 1 aliphatic carbocycles. The summed E-state index contributed by atoms with van der Waals surface area (Å²) in [6.45, 7) is 1.91. The van der Waals surface area contributed by atoms with Crippen LogP contribution in [0.25, 0.3) is 0 Å². The molecule has 1 atom stereocenters. The molecular weight excluding hydrogens is 406 g/mol. The highest BCUT2D eigenvalue weighted by Crippen LogP contribution is 2.37. The molecule has 156 valence electrons. The van der Waals surface area contributed by atoms with Crippen LogP contribution in [0.1, 0.15) is 51.9 Å². The molecule has 0 radical (unpaired) electrons. The van der Waals surface area contributed by atoms with E-state index in [1.165, 1.54) is 6.07 Å². The maximum Gasteiger partial charge on any atom is 0.294 e. The first-order valence-electron chi connectivity index (χ1n) is 9.13. The predicted octanol–water partition coefficient (Wildman–Crippen LogP) is 3.15. The van der Waals surface area contributed by atoms with Crippen molar-refractivity contribution in [2.24, 2.45) is 0 Å². The normalized spacial score (nSPS) is 15.9. The van der Waals surface area contributed by atoms with Crippen LogP contribution >= 0.6 is 0 Å². The van der Waals surface area contributed by atoms with Crippen molar-refractivity contribution in [3.8, 4) is 0 Å². The third-order valence-electron chi connectivity index (χ3n) is 4.44. The number of carbonyl (C=O) groups excluding carboxylic acids is 1. The number of hydrogen-bond acceptors (Lipinski definition) is 6. The van der Waals surface area contributed by atoms with Gasteiger partial charge in [0.25, 0.3) is 5.69 Å². The molecule has 0 aromatic heterocycles. The Kier molecular flexibility index (Phi) is 7.53. The summed E-state index contributed by atoms with van der Waals surface area (Å²) in [5.74, 6) is -0.403. The number of benzene rings is 1. The van der Waals surface area contributed by atoms with Crippen LogP contribution in [0.4, 0.5) is 17.1 Å². The van der Waals surface area contributed by atoms with E-state index in [4.69, 9.17) is 0 Å². The number of hydrogen-bond donors (Lipinski definition) is 2. The summed E-state index contributed by atoms with van der Waals surface area (Å²) in [4.78, 5) is 23.0. The molecule has 2 rings (SSSR count). The van der Waals surface area contributed by atoms with E-state index < -0.39 is 37.3 Å². The summed E-state index contributed by atoms with van der Waals surface area (Å²) in [5, 5.41) is 13.8. The molecule has 9 nitrogen and oxygen atoms in total. The molecule has 11 heteroatoms. The fraction of sp³-hybridized carbons (Fsp3) is 0.588. The second-order valence-electron chi connectivity index (χ2n) is 6.85. The van der Waals surface area contributed by atoms with Gasteiger partial charge in [-0.25, -0.2) is 8.42 Å². The smallest absolute Gasteiger partial charge is 0.294 e. The minimum atomic E-state index is -3.72. The Labute approximate surface area is 166 Å². The van der Waals surface area contributed by atoms with Gasteiger partial charge >= 0.3 is 0 Å². The first kappa shape index (κ1) is 22.3. The van der Waals surface area contributed by atoms with E-state index in [0.29, 0.717) is 19.3 Å². The standard InChI is InChI=1S/C17H25N3O6S2/c1-3-4-9-17(21)18-13-10-14(19-28(2,25)26)16(11-15(13)20(22)23)27(24)12-7-5-6-8-12/h10-12,19H,3-9H2,1-2H3,(H,18,21). The molecule has 1 aliphatic rings. The third-order valence-corrected chi connectivity index (χ3v) is 6.88. The molecule has 28 heavy (non-hydrogen) atoms. The van der Waals surface area contributed by atoms with Gasteiger partial charge < -0.3 is 5.32 Å². The van der Waals surface area contributed by atoms with Crippen molar-refractivity contribution < 1.29 is 22.3 Å². The molecular formula is C17H25N3O6S2. The van der Waals surface area contributed by atoms with E-state index in [1.54, 1.807) is 0 Å². The Balaban J connectivity index is 2.50. The minimum absolute atomic E-state index is 0.0101. The van der Waals surface area contributed by atoms with Gasteiger partial charge in [0.2, 0.25) is 15.9 Å². The largest absolute Gasteiger partial charge is 0.320 e. The number of unbranched alkanes of at least 4 members (excludes halogenated alkanes) is 1. The van der Waals surface area contributed by atoms with E-state index in [2.05, 4.69) is 10.0 Å². The van der Waals surface area contributed by atoms with Crippen LogP contribution in [0.15, 0.2) is 17.0 Å². The number of anilines is 2. The number of nitrogens with one attached hydrogen (secondary N) is 2. The number of nitrogens with zero attached hydrogens (tertiary/aromatic N) is 1. The van der Waals surface area contributed by atoms with Gasteiger partial charge in [0, 0.05) is 17.7 Å². The number of carbonyl (C=O) groups is 1. The fourth-order valence-electron chi connectivity index (χ4n) is 3.10. The number of nitro benzene ring substituents is 1. The Morgan fingerprint density at radius 2 is 1.93 bits per heavy atom. The zero-order chi connectivity index (χ0) is 20.9. The maximum absolute atomic E-state index is 13.0. The fourth-order valence-corrected chi connectivity index (χ4v) is 5.41. The van der Waals surface area contributed by atoms with Gasteiger partial charge in [0.05, 0.1) is 32.6 Å². The van der Waals surface area contributed by atoms with Crippen molar-refractivity contribution in [3.63, 3.8) is 0 Å². The van der Waals surface area contributed by atoms with Crippen molar-refractivity contribution in [1.82, 2.24) is 0 Å². The molecule has 0 saturated heterocycles. The van der Waals surface area contributed by atoms with E-state index in [9.17, 15) is 27.5 Å². The molecule has 0 bridgehead atoms. The second-order valence-corrected chi connectivity index (χ2v) is 10.3. The molecule has 2 N–H and O–H groups in total. The van der Waals surface area contributed by atoms with E-state index in [1.807, 2.05) is 6.92 Å². The molecule has 1 unspecified atom stereocenters. The molecule has 1 aromatic rings. The molecule has 1 amide bonds. The minimum Gasteiger partial charge on any atom is -0.320 e. The van der Waals surface area contributed by atoms with Crippen LogP contribution in [-0.4, -0.2) is 35.0 Å². The highest BCUT2D eigenvalue weighted by Gasteiger charge is 2.29. The molecule has 0 spiro atoms. The number of rotatable bonds is 9. The summed E-state index contributed by atoms with van der Waals surface area (Å²) >= 11 is 0. The van der Waals surface area contributed by atoms with Crippen LogP contribution in [-0.2, 0) is 25.6 Å². The van der Waals surface area contributed by atoms with Crippen molar-refractivity contribution >= 4 is 43.8 Å². The maximum atomic E-state index is 13.0. The number of amides is 1. The van der Waals surface area contributed by atoms with E-state index in [-0.39, 0.29) is 27.9 Å². The lowest BCUT2D eigenvalue weighted by Crippen LogP contribution is -2.18. The molecule has 1 fully saturated rings. The molecule has 1 saturated carbocycles. The summed E-state index contributed by atoms with van der Waals surface area (Å²) in [7, 11) is -5.32. The van der Waals surface area contributed by atoms with E-state index >= 15 is 0 Å². The van der Waals surface area contributed by atoms with Gasteiger partial charge in [-0.15, -0.1) is 0 Å². The Hall–Kier alpha value is -2.01. The average Bonchev–Trinajstić information content (AvgIpc) is 3.12. The lowest BCUT2D eigenvalue weighted by atomic mass is 10.2. The zero-order valence-electron chi connectivity index (χ0n) is 15.9. The third kappa shape index (κ3) is 5.99. The lowest BCUT2D eigenvalue weighted by molar-refractivity contribution is -0.384. The van der Waals surface area contributed by atoms with Crippen LogP contribution in [0.3, 0.4) is 0 Å². The summed E-state index contributed by atoms with van der Waals surface area (Å²) in [6, 6.07) is 2.29. The van der Waals surface area contributed by atoms with Gasteiger partial charge in [-0.1, -0.05) is 26.2 Å². The predicted molar refractivity (Wildman–Crippen MR) is 108 cm³/mol. The van der Waals surface area contributed by atoms with Gasteiger partial charge in [0.15, 0.2) is 0 Å². The van der Waals surface area contributed by atoms with Crippen molar-refractivity contribution in [1.29, 1.82) is 0 Å². The zero-order valence-corrected chi connectivity index (χ0v) is 17.5. The van der Waals surface area contributed by atoms with Crippen LogP contribution in [0, 0.1) is 10.1 Å². The molecule has 1 aromatic carbocycles. The summed E-state index contributed by atoms with van der Waals surface area (Å²) < 4.78 is 38.8. The average molecular weight is 432 g/mol. The Morgan fingerprint density at radius 3 is 2.46 bits per heavy atom. The van der Waals surface area contributed by atoms with Gasteiger partial charge in [-0.05, 0) is 25.3 Å². The van der Waals surface area contributed by atoms with Crippen LogP contribution in [0.2, 0.25) is 0 Å². The lowest BCUT2D eigenvalue weighted by Gasteiger charge is -2.16. The first-order chi connectivity index (χ1) is 13.1.